The van der Waals surface area contributed by atoms with Crippen molar-refractivity contribution in [2.75, 3.05) is 51.2 Å². The van der Waals surface area contributed by atoms with Gasteiger partial charge in [0, 0.05) is 68.5 Å². The maximum absolute atomic E-state index is 15.4. The zero-order valence-corrected chi connectivity index (χ0v) is 42.9. The Balaban J connectivity index is 1.42. The first-order valence-electron chi connectivity index (χ1n) is 24.8. The zero-order valence-electron chi connectivity index (χ0n) is 42.1. The summed E-state index contributed by atoms with van der Waals surface area (Å²) in [5.74, 6) is -2.33. The van der Waals surface area contributed by atoms with Crippen molar-refractivity contribution in [3.8, 4) is 23.0 Å². The van der Waals surface area contributed by atoms with Gasteiger partial charge in [-0.05, 0) is 122 Å². The van der Waals surface area contributed by atoms with Crippen LogP contribution in [0.4, 0.5) is 21.9 Å². The summed E-state index contributed by atoms with van der Waals surface area (Å²) in [5.41, 5.74) is 3.06. The summed E-state index contributed by atoms with van der Waals surface area (Å²) in [5, 5.41) is 41.8. The summed E-state index contributed by atoms with van der Waals surface area (Å²) < 4.78 is 63.3. The van der Waals surface area contributed by atoms with Gasteiger partial charge in [-0.25, -0.2) is 13.2 Å². The normalized spacial score (nSPS) is 21.3. The van der Waals surface area contributed by atoms with Crippen LogP contribution in [0, 0.1) is 27.9 Å². The lowest BCUT2D eigenvalue weighted by molar-refractivity contribution is -0.384. The SMILES string of the molecule is C=CCOC12Oc3ccc(OC(=O)Nc4ccc(OC)cc4OC)cc3C3C(CCCCO)C(CCCCO)C=C(C(=NOCc4ccc([N+](=O)[O-])cc4)CC1N(CCC)S(=O)(=O)c1ccc(NC(C)=O)cc1)C32. The number of sulfonamides is 1. The van der Waals surface area contributed by atoms with Crippen molar-refractivity contribution in [1.29, 1.82) is 0 Å². The van der Waals surface area contributed by atoms with Gasteiger partial charge in [0.1, 0.15) is 29.6 Å². The topological polar surface area (TPSA) is 247 Å². The molecule has 4 N–H and O–H groups in total. The minimum absolute atomic E-state index is 0.00651. The van der Waals surface area contributed by atoms with E-state index in [-0.39, 0.29) is 73.5 Å². The van der Waals surface area contributed by atoms with Crippen molar-refractivity contribution < 1.29 is 61.7 Å². The van der Waals surface area contributed by atoms with E-state index in [1.807, 2.05) is 6.92 Å². The van der Waals surface area contributed by atoms with E-state index in [1.54, 1.807) is 54.6 Å². The van der Waals surface area contributed by atoms with Crippen LogP contribution in [0.1, 0.15) is 82.3 Å². The van der Waals surface area contributed by atoms with E-state index in [9.17, 15) is 29.9 Å². The lowest BCUT2D eigenvalue weighted by atomic mass is 9.55. The molecule has 3 aliphatic rings. The molecule has 1 aliphatic heterocycles. The molecule has 1 saturated carbocycles. The second kappa shape index (κ2) is 24.9. The molecule has 0 saturated heterocycles. The zero-order chi connectivity index (χ0) is 53.0. The number of allylic oxidation sites excluding steroid dienone is 1. The van der Waals surface area contributed by atoms with Gasteiger partial charge in [0.05, 0.1) is 54.0 Å². The average Bonchev–Trinajstić information content (AvgIpc) is 3.39. The van der Waals surface area contributed by atoms with E-state index >= 15 is 8.42 Å². The number of anilines is 2. The Morgan fingerprint density at radius 1 is 0.946 bits per heavy atom. The highest BCUT2D eigenvalue weighted by Gasteiger charge is 2.66. The summed E-state index contributed by atoms with van der Waals surface area (Å²) >= 11 is 0. The Kier molecular flexibility index (Phi) is 18.5. The van der Waals surface area contributed by atoms with Crippen molar-refractivity contribution in [3.05, 3.63) is 130 Å². The van der Waals surface area contributed by atoms with Crippen LogP contribution in [0.2, 0.25) is 0 Å². The van der Waals surface area contributed by atoms with Crippen LogP contribution in [0.3, 0.4) is 0 Å². The molecule has 1 fully saturated rings. The van der Waals surface area contributed by atoms with Gasteiger partial charge >= 0.3 is 6.09 Å². The molecule has 6 unspecified atom stereocenters. The number of rotatable bonds is 25. The average molecular weight is 1040 g/mol. The third kappa shape index (κ3) is 12.2. The predicted octanol–water partition coefficient (Wildman–Crippen LogP) is 9.12. The van der Waals surface area contributed by atoms with E-state index in [0.29, 0.717) is 96.0 Å². The monoisotopic (exact) mass is 1040 g/mol. The number of unbranched alkanes of at least 4 members (excludes halogenated alkanes) is 2. The number of nitrogens with zero attached hydrogens (tertiary/aromatic N) is 3. The summed E-state index contributed by atoms with van der Waals surface area (Å²) in [6.45, 7) is 7.07. The van der Waals surface area contributed by atoms with Crippen molar-refractivity contribution in [2.24, 2.45) is 22.9 Å². The van der Waals surface area contributed by atoms with Gasteiger partial charge in [-0.3, -0.25) is 20.2 Å². The molecule has 6 atom stereocenters. The lowest BCUT2D eigenvalue weighted by Crippen LogP contribution is -2.70. The third-order valence-electron chi connectivity index (χ3n) is 13.6. The number of carbonyl (C=O) groups excluding carboxylic acids is 2. The number of ether oxygens (including phenoxy) is 5. The lowest BCUT2D eigenvalue weighted by Gasteiger charge is -2.59. The fourth-order valence-electron chi connectivity index (χ4n) is 10.4. The largest absolute Gasteiger partial charge is 0.497 e. The first-order valence-corrected chi connectivity index (χ1v) is 26.2. The number of amides is 2. The smallest absolute Gasteiger partial charge is 0.417 e. The van der Waals surface area contributed by atoms with Gasteiger partial charge in [0.25, 0.3) is 5.69 Å². The maximum Gasteiger partial charge on any atom is 0.417 e. The minimum atomic E-state index is -4.40. The number of nitro groups is 1. The molecule has 2 amide bonds. The summed E-state index contributed by atoms with van der Waals surface area (Å²) in [4.78, 5) is 42.7. The number of non-ortho nitro benzene ring substituents is 1. The predicted molar refractivity (Wildman–Crippen MR) is 277 cm³/mol. The molecule has 396 valence electrons. The number of fused-ring (bicyclic) bond motifs is 2. The van der Waals surface area contributed by atoms with Gasteiger partial charge in [0.15, 0.2) is 0 Å². The van der Waals surface area contributed by atoms with E-state index < -0.39 is 44.7 Å². The number of aliphatic hydroxyl groups is 2. The Labute approximate surface area is 431 Å². The van der Waals surface area contributed by atoms with E-state index in [2.05, 4.69) is 23.3 Å². The number of carbonyl (C=O) groups is 2. The van der Waals surface area contributed by atoms with Gasteiger partial charge in [0.2, 0.25) is 21.7 Å². The molecule has 0 bridgehead atoms. The molecule has 1 heterocycles. The van der Waals surface area contributed by atoms with Crippen molar-refractivity contribution >= 4 is 44.8 Å². The van der Waals surface area contributed by atoms with Gasteiger partial charge in [-0.15, -0.1) is 6.58 Å². The molecule has 7 rings (SSSR count). The number of nitro benzene ring substituents is 1. The van der Waals surface area contributed by atoms with Crippen LogP contribution < -0.4 is 29.6 Å². The maximum atomic E-state index is 15.4. The molecule has 74 heavy (non-hydrogen) atoms. The molecular weight excluding hydrogens is 975 g/mol. The van der Waals surface area contributed by atoms with Crippen LogP contribution in [0.5, 0.6) is 23.0 Å². The van der Waals surface area contributed by atoms with Crippen LogP contribution in [0.25, 0.3) is 0 Å². The quantitative estimate of drug-likeness (QED) is 0.0209. The molecule has 19 nitrogen and oxygen atoms in total. The number of hydrogen-bond acceptors (Lipinski definition) is 15. The van der Waals surface area contributed by atoms with Crippen molar-refractivity contribution in [2.45, 2.75) is 94.5 Å². The second-order valence-electron chi connectivity index (χ2n) is 18.4. The first kappa shape index (κ1) is 54.9. The number of oxime groups is 1. The Morgan fingerprint density at radius 2 is 1.66 bits per heavy atom. The molecule has 20 heteroatoms. The molecule has 4 aromatic carbocycles. The first-order chi connectivity index (χ1) is 35.7. The minimum Gasteiger partial charge on any atom is -0.497 e. The summed E-state index contributed by atoms with van der Waals surface area (Å²) in [6, 6.07) is 20.7. The second-order valence-corrected chi connectivity index (χ2v) is 20.3. The fourth-order valence-corrected chi connectivity index (χ4v) is 12.2. The van der Waals surface area contributed by atoms with Crippen LogP contribution >= 0.6 is 0 Å². The number of benzene rings is 4. The molecular formula is C54H65N5O14S. The highest BCUT2D eigenvalue weighted by atomic mass is 32.2. The standard InChI is InChI=1S/C54H65N5O14S/c1-6-26-58(74(66,67)42-22-16-38(17-23-42)55-35(3)62)50-33-47(57-71-34-36-14-18-39(19-15-36)59(64)65)44-30-37(12-8-10-27-60)43(13-9-11-28-61)51-45-31-41(21-25-48(45)73-54(50,52(44)51)70-29-7-2)72-53(63)56-46-24-20-40(68-4)32-49(46)69-5/h7,14-25,30-32,37,43,50-52,60-61H,2,6,8-13,26-29,33-34H2,1,3-5H3,(H,55,62)(H,56,63). The number of methoxy groups -OCH3 is 2. The molecule has 0 spiro atoms. The highest BCUT2D eigenvalue weighted by Crippen LogP contribution is 2.62. The van der Waals surface area contributed by atoms with E-state index in [0.717, 1.165) is 0 Å². The van der Waals surface area contributed by atoms with Crippen LogP contribution in [0.15, 0.2) is 119 Å². The summed E-state index contributed by atoms with van der Waals surface area (Å²) in [6.07, 6.45) is 6.90. The van der Waals surface area contributed by atoms with Gasteiger partial charge in [-0.2, -0.15) is 4.31 Å². The molecule has 2 aliphatic carbocycles. The molecule has 0 radical (unpaired) electrons. The van der Waals surface area contributed by atoms with Crippen LogP contribution in [-0.2, 0) is 31.0 Å². The summed E-state index contributed by atoms with van der Waals surface area (Å²) in [7, 11) is -1.41. The van der Waals surface area contributed by atoms with Gasteiger partial charge in [-0.1, -0.05) is 37.1 Å². The molecule has 4 aromatic rings. The number of aliphatic hydroxyl groups excluding tert-OH is 2. The fraction of sp³-hybridized carbons (Fsp3) is 0.426. The Bertz CT molecular complexity index is 2810. The van der Waals surface area contributed by atoms with E-state index in [1.165, 1.54) is 61.8 Å². The van der Waals surface area contributed by atoms with E-state index in [4.69, 9.17) is 33.7 Å². The highest BCUT2D eigenvalue weighted by molar-refractivity contribution is 7.89. The van der Waals surface area contributed by atoms with Crippen molar-refractivity contribution in [1.82, 2.24) is 4.31 Å². The molecule has 0 aromatic heterocycles. The third-order valence-corrected chi connectivity index (χ3v) is 15.5. The van der Waals surface area contributed by atoms with Crippen LogP contribution in [-0.4, -0.2) is 98.0 Å². The Morgan fingerprint density at radius 3 is 2.31 bits per heavy atom. The Hall–Kier alpha value is -6.84. The van der Waals surface area contributed by atoms with Crippen molar-refractivity contribution in [3.63, 3.8) is 0 Å². The number of hydrogen-bond donors (Lipinski definition) is 4. The van der Waals surface area contributed by atoms with Gasteiger partial charge < -0.3 is 44.1 Å². The number of nitrogens with one attached hydrogen (secondary N) is 2.